The number of β-amino-alcohol motifs (C(OH)–C–C–N with tert-alkyl or cyclic N) is 1. The highest BCUT2D eigenvalue weighted by Crippen LogP contribution is 2.20. The molecule has 15 heavy (non-hydrogen) atoms. The molecule has 0 radical (unpaired) electrons. The van der Waals surface area contributed by atoms with Crippen molar-refractivity contribution < 1.29 is 9.90 Å². The summed E-state index contributed by atoms with van der Waals surface area (Å²) in [5, 5.41) is 9.87. The summed E-state index contributed by atoms with van der Waals surface area (Å²) in [5.41, 5.74) is 5.04. The van der Waals surface area contributed by atoms with E-state index in [-0.39, 0.29) is 5.91 Å². The van der Waals surface area contributed by atoms with Crippen molar-refractivity contribution >= 4 is 5.91 Å². The number of hydrogen-bond donors (Lipinski definition) is 2. The van der Waals surface area contributed by atoms with Crippen LogP contribution in [0.25, 0.3) is 0 Å². The van der Waals surface area contributed by atoms with Crippen LogP contribution in [-0.4, -0.2) is 40.6 Å². The van der Waals surface area contributed by atoms with Crippen molar-refractivity contribution in [1.82, 2.24) is 4.90 Å². The van der Waals surface area contributed by atoms with Gasteiger partial charge in [0.25, 0.3) is 0 Å². The molecule has 0 spiro atoms. The van der Waals surface area contributed by atoms with Gasteiger partial charge in [-0.25, -0.2) is 0 Å². The maximum absolute atomic E-state index is 11.9. The van der Waals surface area contributed by atoms with Crippen LogP contribution in [0.1, 0.15) is 39.5 Å². The van der Waals surface area contributed by atoms with Gasteiger partial charge in [-0.15, -0.1) is 0 Å². The van der Waals surface area contributed by atoms with Gasteiger partial charge in [0.2, 0.25) is 5.91 Å². The fourth-order valence-corrected chi connectivity index (χ4v) is 2.08. The van der Waals surface area contributed by atoms with E-state index in [1.807, 2.05) is 6.92 Å². The third-order valence-corrected chi connectivity index (χ3v) is 2.90. The summed E-state index contributed by atoms with van der Waals surface area (Å²) in [6.07, 6.45) is 3.26. The molecule has 1 heterocycles. The highest BCUT2D eigenvalue weighted by Gasteiger charge is 2.32. The van der Waals surface area contributed by atoms with Crippen molar-refractivity contribution in [3.05, 3.63) is 0 Å². The highest BCUT2D eigenvalue weighted by atomic mass is 16.3. The third kappa shape index (κ3) is 3.47. The van der Waals surface area contributed by atoms with Crippen LogP contribution in [0.4, 0.5) is 0 Å². The van der Waals surface area contributed by atoms with Crippen molar-refractivity contribution in [2.45, 2.75) is 51.2 Å². The molecular formula is C11H22N2O2. The molecule has 88 valence electrons. The van der Waals surface area contributed by atoms with E-state index in [9.17, 15) is 9.90 Å². The van der Waals surface area contributed by atoms with Gasteiger partial charge in [0, 0.05) is 13.1 Å². The average molecular weight is 214 g/mol. The van der Waals surface area contributed by atoms with E-state index < -0.39 is 11.6 Å². The summed E-state index contributed by atoms with van der Waals surface area (Å²) < 4.78 is 0. The molecule has 1 aliphatic rings. The summed E-state index contributed by atoms with van der Waals surface area (Å²) in [5.74, 6) is -0.0168. The summed E-state index contributed by atoms with van der Waals surface area (Å²) >= 11 is 0. The fraction of sp³-hybridized carbons (Fsp3) is 0.909. The number of aliphatic hydroxyl groups is 1. The van der Waals surface area contributed by atoms with Gasteiger partial charge in [0.05, 0.1) is 11.6 Å². The lowest BCUT2D eigenvalue weighted by atomic mass is 9.94. The topological polar surface area (TPSA) is 66.6 Å². The maximum atomic E-state index is 11.9. The first-order valence-corrected chi connectivity index (χ1v) is 5.73. The number of amides is 1. The van der Waals surface area contributed by atoms with Crippen molar-refractivity contribution in [1.29, 1.82) is 0 Å². The molecule has 0 aromatic carbocycles. The monoisotopic (exact) mass is 214 g/mol. The zero-order chi connectivity index (χ0) is 11.5. The Bertz CT molecular complexity index is 229. The second-order valence-electron chi connectivity index (χ2n) is 4.76. The molecule has 1 saturated heterocycles. The van der Waals surface area contributed by atoms with Crippen LogP contribution < -0.4 is 5.73 Å². The zero-order valence-electron chi connectivity index (χ0n) is 9.70. The largest absolute Gasteiger partial charge is 0.388 e. The van der Waals surface area contributed by atoms with E-state index in [0.717, 1.165) is 32.2 Å². The van der Waals surface area contributed by atoms with Gasteiger partial charge >= 0.3 is 0 Å². The van der Waals surface area contributed by atoms with Gasteiger partial charge in [-0.05, 0) is 26.2 Å². The fourth-order valence-electron chi connectivity index (χ4n) is 2.08. The molecule has 4 heteroatoms. The van der Waals surface area contributed by atoms with E-state index in [1.54, 1.807) is 11.8 Å². The summed E-state index contributed by atoms with van der Waals surface area (Å²) in [6.45, 7) is 4.94. The molecule has 1 unspecified atom stereocenters. The van der Waals surface area contributed by atoms with Crippen molar-refractivity contribution in [3.8, 4) is 0 Å². The summed E-state index contributed by atoms with van der Waals surface area (Å²) in [4.78, 5) is 13.6. The van der Waals surface area contributed by atoms with Crippen LogP contribution in [0.2, 0.25) is 0 Å². The standard InChI is InChI=1S/C11H22N2O2/c1-3-5-9(12)10(14)13-7-4-6-11(2,15)8-13/h9,15H,3-8,12H2,1-2H3/t9-,11?/m0/s1. The van der Waals surface area contributed by atoms with Gasteiger partial charge < -0.3 is 15.7 Å². The SMILES string of the molecule is CCC[C@H](N)C(=O)N1CCCC(C)(O)C1. The Morgan fingerprint density at radius 2 is 2.33 bits per heavy atom. The molecule has 2 atom stereocenters. The predicted molar refractivity (Wildman–Crippen MR) is 59.3 cm³/mol. The number of carbonyl (C=O) groups excluding carboxylic acids is 1. The quantitative estimate of drug-likeness (QED) is 0.718. The molecule has 0 saturated carbocycles. The van der Waals surface area contributed by atoms with Crippen LogP contribution in [0.5, 0.6) is 0 Å². The van der Waals surface area contributed by atoms with Crippen molar-refractivity contribution in [2.75, 3.05) is 13.1 Å². The molecule has 1 rings (SSSR count). The Kier molecular flexibility index (Phi) is 4.11. The molecule has 4 nitrogen and oxygen atoms in total. The van der Waals surface area contributed by atoms with Gasteiger partial charge in [0.1, 0.15) is 0 Å². The Morgan fingerprint density at radius 3 is 2.87 bits per heavy atom. The van der Waals surface area contributed by atoms with Crippen LogP contribution in [0.15, 0.2) is 0 Å². The molecule has 0 aliphatic carbocycles. The number of carbonyl (C=O) groups is 1. The second kappa shape index (κ2) is 4.94. The molecule has 1 fully saturated rings. The Balaban J connectivity index is 2.52. The lowest BCUT2D eigenvalue weighted by Gasteiger charge is -2.37. The van der Waals surface area contributed by atoms with Crippen molar-refractivity contribution in [2.24, 2.45) is 5.73 Å². The first kappa shape index (κ1) is 12.5. The molecule has 0 aromatic rings. The van der Waals surface area contributed by atoms with Gasteiger partial charge in [-0.2, -0.15) is 0 Å². The number of nitrogens with zero attached hydrogens (tertiary/aromatic N) is 1. The Hall–Kier alpha value is -0.610. The minimum atomic E-state index is -0.736. The number of likely N-dealkylation sites (tertiary alicyclic amines) is 1. The normalized spacial score (nSPS) is 28.9. The molecule has 3 N–H and O–H groups in total. The summed E-state index contributed by atoms with van der Waals surface area (Å²) in [7, 11) is 0. The average Bonchev–Trinajstić information content (AvgIpc) is 2.15. The first-order chi connectivity index (χ1) is 6.96. The van der Waals surface area contributed by atoms with E-state index in [0.29, 0.717) is 6.54 Å². The van der Waals surface area contributed by atoms with Crippen LogP contribution in [-0.2, 0) is 4.79 Å². The number of nitrogens with two attached hydrogens (primary N) is 1. The summed E-state index contributed by atoms with van der Waals surface area (Å²) in [6, 6.07) is -0.399. The molecular weight excluding hydrogens is 192 g/mol. The second-order valence-corrected chi connectivity index (χ2v) is 4.76. The lowest BCUT2D eigenvalue weighted by molar-refractivity contribution is -0.139. The molecule has 0 aromatic heterocycles. The van der Waals surface area contributed by atoms with E-state index in [4.69, 9.17) is 5.73 Å². The molecule has 1 amide bonds. The minimum absolute atomic E-state index is 0.0168. The lowest BCUT2D eigenvalue weighted by Crippen LogP contribution is -2.53. The third-order valence-electron chi connectivity index (χ3n) is 2.90. The smallest absolute Gasteiger partial charge is 0.239 e. The van der Waals surface area contributed by atoms with E-state index >= 15 is 0 Å². The number of rotatable bonds is 3. The zero-order valence-corrected chi connectivity index (χ0v) is 9.70. The number of hydrogen-bond acceptors (Lipinski definition) is 3. The molecule has 1 aliphatic heterocycles. The van der Waals surface area contributed by atoms with Crippen LogP contribution in [0, 0.1) is 0 Å². The van der Waals surface area contributed by atoms with Gasteiger partial charge in [0.15, 0.2) is 0 Å². The Morgan fingerprint density at radius 1 is 1.67 bits per heavy atom. The Labute approximate surface area is 91.4 Å². The predicted octanol–water partition coefficient (Wildman–Crippen LogP) is 0.487. The van der Waals surface area contributed by atoms with Crippen molar-refractivity contribution in [3.63, 3.8) is 0 Å². The highest BCUT2D eigenvalue weighted by molar-refractivity contribution is 5.81. The maximum Gasteiger partial charge on any atom is 0.239 e. The van der Waals surface area contributed by atoms with Crippen LogP contribution >= 0.6 is 0 Å². The first-order valence-electron chi connectivity index (χ1n) is 5.73. The van der Waals surface area contributed by atoms with E-state index in [2.05, 4.69) is 0 Å². The minimum Gasteiger partial charge on any atom is -0.388 e. The van der Waals surface area contributed by atoms with Gasteiger partial charge in [-0.1, -0.05) is 13.3 Å². The van der Waals surface area contributed by atoms with E-state index in [1.165, 1.54) is 0 Å². The van der Waals surface area contributed by atoms with Crippen LogP contribution in [0.3, 0.4) is 0 Å². The van der Waals surface area contributed by atoms with Gasteiger partial charge in [-0.3, -0.25) is 4.79 Å². The molecule has 0 bridgehead atoms. The number of piperidine rings is 1.